The fraction of sp³-hybridized carbons (Fsp3) is 0.316. The van der Waals surface area contributed by atoms with Crippen LogP contribution in [-0.2, 0) is 6.42 Å². The number of aromatic carboxylic acids is 1. The first-order chi connectivity index (χ1) is 12.6. The molecule has 0 aliphatic carbocycles. The smallest absolute Gasteiger partial charge is 0.335 e. The molecule has 2 heterocycles. The fourth-order valence-corrected chi connectivity index (χ4v) is 3.48. The summed E-state index contributed by atoms with van der Waals surface area (Å²) in [5, 5.41) is 12.5. The molecule has 26 heavy (non-hydrogen) atoms. The minimum absolute atomic E-state index is 0.126. The van der Waals surface area contributed by atoms with Gasteiger partial charge in [0.05, 0.1) is 12.7 Å². The number of benzene rings is 2. The van der Waals surface area contributed by atoms with Crippen molar-refractivity contribution in [3.63, 3.8) is 0 Å². The minimum atomic E-state index is -0.939. The van der Waals surface area contributed by atoms with E-state index < -0.39 is 5.97 Å². The minimum Gasteiger partial charge on any atom is -0.492 e. The zero-order chi connectivity index (χ0) is 18.3. The number of hydrogen-bond donors (Lipinski definition) is 2. The topological polar surface area (TPSA) is 80.3 Å². The van der Waals surface area contributed by atoms with E-state index in [0.29, 0.717) is 11.5 Å². The first-order valence-electron chi connectivity index (χ1n) is 8.38. The molecular weight excluding hydrogens is 336 g/mol. The summed E-state index contributed by atoms with van der Waals surface area (Å²) >= 11 is 0. The summed E-state index contributed by atoms with van der Waals surface area (Å²) in [5.41, 5.74) is 3.27. The Bertz CT molecular complexity index is 850. The van der Waals surface area contributed by atoms with Crippen LogP contribution in [0, 0.1) is 0 Å². The first kappa shape index (κ1) is 16.5. The molecule has 4 rings (SSSR count). The Morgan fingerprint density at radius 1 is 1.31 bits per heavy atom. The van der Waals surface area contributed by atoms with Gasteiger partial charge in [0, 0.05) is 17.8 Å². The molecule has 2 aromatic rings. The lowest BCUT2D eigenvalue weighted by molar-refractivity contribution is 0.0697. The number of ether oxygens (including phenoxy) is 3. The Kier molecular flexibility index (Phi) is 4.08. The van der Waals surface area contributed by atoms with Crippen LogP contribution >= 0.6 is 0 Å². The Balaban J connectivity index is 1.72. The summed E-state index contributed by atoms with van der Waals surface area (Å²) in [6.07, 6.45) is 0.758. The first-order valence-corrected chi connectivity index (χ1v) is 8.38. The van der Waals surface area contributed by atoms with Crippen molar-refractivity contribution in [3.05, 3.63) is 47.0 Å². The van der Waals surface area contributed by atoms with Crippen LogP contribution in [0.25, 0.3) is 0 Å². The molecule has 7 nitrogen and oxygen atoms in total. The van der Waals surface area contributed by atoms with Gasteiger partial charge < -0.3 is 24.6 Å². The van der Waals surface area contributed by atoms with Crippen LogP contribution < -0.4 is 19.5 Å². The van der Waals surface area contributed by atoms with Crippen molar-refractivity contribution < 1.29 is 24.1 Å². The Morgan fingerprint density at radius 2 is 2.08 bits per heavy atom. The van der Waals surface area contributed by atoms with Crippen molar-refractivity contribution >= 4 is 11.7 Å². The Hall–Kier alpha value is -2.93. The summed E-state index contributed by atoms with van der Waals surface area (Å²) in [4.78, 5) is 13.2. The molecule has 2 aliphatic heterocycles. The highest BCUT2D eigenvalue weighted by atomic mass is 16.7. The third kappa shape index (κ3) is 2.70. The molecule has 2 N–H and O–H groups in total. The van der Waals surface area contributed by atoms with E-state index in [-0.39, 0.29) is 18.5 Å². The van der Waals surface area contributed by atoms with Gasteiger partial charge in [-0.05, 0) is 49.4 Å². The fourth-order valence-electron chi connectivity index (χ4n) is 3.48. The van der Waals surface area contributed by atoms with Crippen molar-refractivity contribution in [2.75, 3.05) is 32.8 Å². The molecule has 0 radical (unpaired) electrons. The van der Waals surface area contributed by atoms with E-state index in [1.54, 1.807) is 31.4 Å². The van der Waals surface area contributed by atoms with Crippen molar-refractivity contribution in [1.82, 2.24) is 4.90 Å². The van der Waals surface area contributed by atoms with Gasteiger partial charge in [0.2, 0.25) is 12.5 Å². The number of methoxy groups -OCH3 is 1. The van der Waals surface area contributed by atoms with E-state index in [2.05, 4.69) is 10.2 Å². The van der Waals surface area contributed by atoms with E-state index in [1.807, 2.05) is 13.1 Å². The van der Waals surface area contributed by atoms with Crippen LogP contribution in [0.5, 0.6) is 17.2 Å². The van der Waals surface area contributed by atoms with Gasteiger partial charge in [-0.3, -0.25) is 4.90 Å². The number of nitrogens with one attached hydrogen (secondary N) is 1. The largest absolute Gasteiger partial charge is 0.492 e. The molecule has 0 saturated heterocycles. The summed E-state index contributed by atoms with van der Waals surface area (Å²) in [6.45, 7) is 1.07. The molecule has 0 spiro atoms. The monoisotopic (exact) mass is 356 g/mol. The Morgan fingerprint density at radius 3 is 2.77 bits per heavy atom. The highest BCUT2D eigenvalue weighted by Crippen LogP contribution is 2.49. The number of carboxylic acid groups (broad SMARTS) is 1. The number of likely N-dealkylation sites (N-methyl/N-ethyl adjacent to an activating group) is 1. The second kappa shape index (κ2) is 6.42. The van der Waals surface area contributed by atoms with Gasteiger partial charge in [-0.15, -0.1) is 0 Å². The molecule has 1 atom stereocenters. The average Bonchev–Trinajstić information content (AvgIpc) is 3.11. The lowest BCUT2D eigenvalue weighted by Gasteiger charge is -2.36. The van der Waals surface area contributed by atoms with E-state index >= 15 is 0 Å². The molecule has 1 unspecified atom stereocenters. The molecule has 7 heteroatoms. The molecule has 0 bridgehead atoms. The van der Waals surface area contributed by atoms with Gasteiger partial charge in [-0.1, -0.05) is 0 Å². The average molecular weight is 356 g/mol. The third-order valence-corrected chi connectivity index (χ3v) is 4.83. The van der Waals surface area contributed by atoms with E-state index in [9.17, 15) is 4.79 Å². The maximum atomic E-state index is 11.0. The number of hydrogen-bond acceptors (Lipinski definition) is 6. The van der Waals surface area contributed by atoms with Crippen LogP contribution in [0.1, 0.15) is 27.7 Å². The number of anilines is 1. The Labute approximate surface area is 151 Å². The summed E-state index contributed by atoms with van der Waals surface area (Å²) < 4.78 is 16.8. The highest BCUT2D eigenvalue weighted by Gasteiger charge is 2.34. The number of rotatable bonds is 4. The summed E-state index contributed by atoms with van der Waals surface area (Å²) in [6, 6.07) is 8.74. The normalized spacial score (nSPS) is 18.3. The summed E-state index contributed by atoms with van der Waals surface area (Å²) in [5.74, 6) is 1.09. The number of nitrogens with zero attached hydrogens (tertiary/aromatic N) is 1. The molecule has 0 aromatic heterocycles. The summed E-state index contributed by atoms with van der Waals surface area (Å²) in [7, 11) is 3.67. The number of carbonyl (C=O) groups is 1. The van der Waals surface area contributed by atoms with Crippen molar-refractivity contribution in [2.45, 2.75) is 12.6 Å². The lowest BCUT2D eigenvalue weighted by atomic mass is 9.94. The van der Waals surface area contributed by atoms with E-state index in [1.165, 1.54) is 0 Å². The van der Waals surface area contributed by atoms with Crippen molar-refractivity contribution in [2.24, 2.45) is 0 Å². The zero-order valence-corrected chi connectivity index (χ0v) is 14.6. The standard InChI is InChI=1S/C19H20N2O5/c1-21-8-7-12-9-14-16(26-10-25-14)17(24-2)15(12)18(21)20-13-5-3-11(4-6-13)19(22)23/h3-6,9,18,20H,7-8,10H2,1-2H3,(H,22,23). The SMILES string of the molecule is COc1c2c(cc3c1C(Nc1ccc(C(=O)O)cc1)N(C)CC3)OCO2. The predicted molar refractivity (Wildman–Crippen MR) is 95.2 cm³/mol. The second-order valence-electron chi connectivity index (χ2n) is 6.38. The maximum Gasteiger partial charge on any atom is 0.335 e. The molecule has 0 fully saturated rings. The lowest BCUT2D eigenvalue weighted by Crippen LogP contribution is -2.37. The number of carboxylic acids is 1. The molecule has 0 saturated carbocycles. The third-order valence-electron chi connectivity index (χ3n) is 4.83. The van der Waals surface area contributed by atoms with Crippen molar-refractivity contribution in [1.29, 1.82) is 0 Å². The van der Waals surface area contributed by atoms with Crippen LogP contribution in [0.2, 0.25) is 0 Å². The maximum absolute atomic E-state index is 11.0. The van der Waals surface area contributed by atoms with Crippen LogP contribution in [0.4, 0.5) is 5.69 Å². The molecule has 2 aliphatic rings. The van der Waals surface area contributed by atoms with Gasteiger partial charge in [0.15, 0.2) is 11.5 Å². The van der Waals surface area contributed by atoms with Gasteiger partial charge in [-0.25, -0.2) is 4.79 Å². The van der Waals surface area contributed by atoms with Crippen LogP contribution in [0.3, 0.4) is 0 Å². The van der Waals surface area contributed by atoms with E-state index in [0.717, 1.165) is 35.5 Å². The zero-order valence-electron chi connectivity index (χ0n) is 14.6. The van der Waals surface area contributed by atoms with Gasteiger partial charge >= 0.3 is 5.97 Å². The molecule has 0 amide bonds. The molecule has 136 valence electrons. The highest BCUT2D eigenvalue weighted by molar-refractivity contribution is 5.88. The van der Waals surface area contributed by atoms with Crippen LogP contribution in [-0.4, -0.2) is 43.5 Å². The second-order valence-corrected chi connectivity index (χ2v) is 6.38. The number of fused-ring (bicyclic) bond motifs is 2. The predicted octanol–water partition coefficient (Wildman–Crippen LogP) is 2.72. The quantitative estimate of drug-likeness (QED) is 0.872. The van der Waals surface area contributed by atoms with Gasteiger partial charge in [0.25, 0.3) is 0 Å². The van der Waals surface area contributed by atoms with Gasteiger partial charge in [0.1, 0.15) is 6.17 Å². The van der Waals surface area contributed by atoms with Crippen molar-refractivity contribution in [3.8, 4) is 17.2 Å². The van der Waals surface area contributed by atoms with E-state index in [4.69, 9.17) is 19.3 Å². The van der Waals surface area contributed by atoms with Crippen LogP contribution in [0.15, 0.2) is 30.3 Å². The molecular formula is C19H20N2O5. The van der Waals surface area contributed by atoms with Gasteiger partial charge in [-0.2, -0.15) is 0 Å². The molecule has 2 aromatic carbocycles.